The molecule has 0 spiro atoms. The van der Waals surface area contributed by atoms with Gasteiger partial charge in [-0.15, -0.1) is 11.3 Å². The molecule has 0 aliphatic rings. The van der Waals surface area contributed by atoms with Crippen LogP contribution in [0.4, 0.5) is 0 Å². The molecular weight excluding hydrogens is 372 g/mol. The first-order valence-electron chi connectivity index (χ1n) is 8.77. The van der Waals surface area contributed by atoms with E-state index in [-0.39, 0.29) is 11.6 Å². The second-order valence-electron chi connectivity index (χ2n) is 6.29. The third-order valence-corrected chi connectivity index (χ3v) is 5.22. The highest BCUT2D eigenvalue weighted by molar-refractivity contribution is 7.09. The summed E-state index contributed by atoms with van der Waals surface area (Å²) in [6.45, 7) is 2.21. The Morgan fingerprint density at radius 2 is 1.89 bits per heavy atom. The van der Waals surface area contributed by atoms with Gasteiger partial charge in [0.05, 0.1) is 17.9 Å². The van der Waals surface area contributed by atoms with Crippen LogP contribution in [-0.4, -0.2) is 20.4 Å². The molecule has 0 radical (unpaired) electrons. The molecule has 0 atom stereocenters. The maximum atomic E-state index is 12.4. The summed E-state index contributed by atoms with van der Waals surface area (Å²) >= 11 is 1.52. The van der Waals surface area contributed by atoms with E-state index >= 15 is 0 Å². The molecule has 0 unspecified atom stereocenters. The lowest BCUT2D eigenvalue weighted by atomic mass is 10.2. The standard InChI is InChI=1S/C21H18N4O2S/c1-14-11-23-21(27)25(14)17-9-7-16(8-10-17)20(26)22-12-19-24-18(13-28-19)15-5-3-2-4-6-15/h2-11,13H,12H2,1H3,(H,22,26)(H,23,27). The number of amides is 1. The van der Waals surface area contributed by atoms with Crippen molar-refractivity contribution >= 4 is 17.2 Å². The normalized spacial score (nSPS) is 10.8. The quantitative estimate of drug-likeness (QED) is 0.547. The number of nitrogens with zero attached hydrogens (tertiary/aromatic N) is 2. The summed E-state index contributed by atoms with van der Waals surface area (Å²) in [5, 5.41) is 5.73. The predicted molar refractivity (Wildman–Crippen MR) is 110 cm³/mol. The monoisotopic (exact) mass is 390 g/mol. The van der Waals surface area contributed by atoms with E-state index < -0.39 is 0 Å². The van der Waals surface area contributed by atoms with Gasteiger partial charge >= 0.3 is 5.69 Å². The molecule has 4 rings (SSSR count). The van der Waals surface area contributed by atoms with Crippen LogP contribution in [0.15, 0.2) is 71.0 Å². The van der Waals surface area contributed by atoms with E-state index in [1.165, 1.54) is 11.3 Å². The number of imidazole rings is 1. The molecule has 2 aromatic heterocycles. The summed E-state index contributed by atoms with van der Waals surface area (Å²) < 4.78 is 1.56. The topological polar surface area (TPSA) is 79.8 Å². The minimum atomic E-state index is -0.201. The summed E-state index contributed by atoms with van der Waals surface area (Å²) in [7, 11) is 0. The summed E-state index contributed by atoms with van der Waals surface area (Å²) in [6.07, 6.45) is 1.65. The van der Waals surface area contributed by atoms with Crippen molar-refractivity contribution < 1.29 is 4.79 Å². The first-order chi connectivity index (χ1) is 13.6. The van der Waals surface area contributed by atoms with Crippen LogP contribution in [-0.2, 0) is 6.54 Å². The third-order valence-electron chi connectivity index (χ3n) is 4.37. The predicted octanol–water partition coefficient (Wildman–Crippen LogP) is 3.53. The molecular formula is C21H18N4O2S. The minimum Gasteiger partial charge on any atom is -0.346 e. The van der Waals surface area contributed by atoms with Crippen LogP contribution < -0.4 is 11.0 Å². The number of aromatic nitrogens is 3. The molecule has 0 fully saturated rings. The zero-order chi connectivity index (χ0) is 19.5. The molecule has 0 aliphatic heterocycles. The summed E-state index contributed by atoms with van der Waals surface area (Å²) in [6, 6.07) is 16.9. The number of aryl methyl sites for hydroxylation is 1. The van der Waals surface area contributed by atoms with Crippen molar-refractivity contribution in [1.82, 2.24) is 19.9 Å². The minimum absolute atomic E-state index is 0.179. The van der Waals surface area contributed by atoms with Gasteiger partial charge in [-0.3, -0.25) is 9.36 Å². The van der Waals surface area contributed by atoms with Gasteiger partial charge in [0.15, 0.2) is 0 Å². The molecule has 28 heavy (non-hydrogen) atoms. The number of hydrogen-bond donors (Lipinski definition) is 2. The van der Waals surface area contributed by atoms with Crippen molar-refractivity contribution in [2.24, 2.45) is 0 Å². The van der Waals surface area contributed by atoms with Crippen LogP contribution >= 0.6 is 11.3 Å². The Balaban J connectivity index is 1.42. The van der Waals surface area contributed by atoms with Crippen LogP contribution in [0.25, 0.3) is 16.9 Å². The average molecular weight is 390 g/mol. The fraction of sp³-hybridized carbons (Fsp3) is 0.0952. The molecule has 2 N–H and O–H groups in total. The molecule has 0 bridgehead atoms. The Morgan fingerprint density at radius 1 is 1.14 bits per heavy atom. The van der Waals surface area contributed by atoms with E-state index in [1.54, 1.807) is 35.0 Å². The maximum absolute atomic E-state index is 12.4. The van der Waals surface area contributed by atoms with Crippen molar-refractivity contribution in [1.29, 1.82) is 0 Å². The molecule has 1 amide bonds. The van der Waals surface area contributed by atoms with Crippen LogP contribution in [0, 0.1) is 6.92 Å². The molecule has 0 aliphatic carbocycles. The van der Waals surface area contributed by atoms with Crippen LogP contribution in [0.1, 0.15) is 21.1 Å². The van der Waals surface area contributed by atoms with Crippen molar-refractivity contribution in [3.63, 3.8) is 0 Å². The van der Waals surface area contributed by atoms with Gasteiger partial charge in [0.2, 0.25) is 0 Å². The highest BCUT2D eigenvalue weighted by Crippen LogP contribution is 2.21. The van der Waals surface area contributed by atoms with Crippen molar-refractivity contribution in [2.75, 3.05) is 0 Å². The van der Waals surface area contributed by atoms with Crippen molar-refractivity contribution in [2.45, 2.75) is 13.5 Å². The highest BCUT2D eigenvalue weighted by Gasteiger charge is 2.10. The Labute approximate surface area is 165 Å². The SMILES string of the molecule is Cc1c[nH]c(=O)n1-c1ccc(C(=O)NCc2nc(-c3ccccc3)cs2)cc1. The number of aromatic amines is 1. The van der Waals surface area contributed by atoms with Crippen LogP contribution in [0.3, 0.4) is 0 Å². The maximum Gasteiger partial charge on any atom is 0.330 e. The van der Waals surface area contributed by atoms with Gasteiger partial charge in [0, 0.05) is 28.4 Å². The summed E-state index contributed by atoms with van der Waals surface area (Å²) in [5.74, 6) is -0.179. The lowest BCUT2D eigenvalue weighted by Gasteiger charge is -2.06. The van der Waals surface area contributed by atoms with Crippen molar-refractivity contribution in [3.05, 3.63) is 92.9 Å². The van der Waals surface area contributed by atoms with Gasteiger partial charge < -0.3 is 10.3 Å². The summed E-state index contributed by atoms with van der Waals surface area (Å²) in [5.41, 5.74) is 3.82. The van der Waals surface area contributed by atoms with E-state index in [2.05, 4.69) is 15.3 Å². The first kappa shape index (κ1) is 17.9. The van der Waals surface area contributed by atoms with Crippen LogP contribution in [0.5, 0.6) is 0 Å². The molecule has 0 saturated carbocycles. The number of carbonyl (C=O) groups is 1. The molecule has 140 valence electrons. The van der Waals surface area contributed by atoms with E-state index in [0.29, 0.717) is 17.8 Å². The summed E-state index contributed by atoms with van der Waals surface area (Å²) in [4.78, 5) is 31.5. The highest BCUT2D eigenvalue weighted by atomic mass is 32.1. The first-order valence-corrected chi connectivity index (χ1v) is 9.65. The zero-order valence-electron chi connectivity index (χ0n) is 15.2. The second-order valence-corrected chi connectivity index (χ2v) is 7.24. The number of carbonyl (C=O) groups excluding carboxylic acids is 1. The van der Waals surface area contributed by atoms with Gasteiger partial charge in [-0.25, -0.2) is 9.78 Å². The smallest absolute Gasteiger partial charge is 0.330 e. The Hall–Kier alpha value is -3.45. The lowest BCUT2D eigenvalue weighted by Crippen LogP contribution is -2.23. The van der Waals surface area contributed by atoms with Gasteiger partial charge in [-0.2, -0.15) is 0 Å². The van der Waals surface area contributed by atoms with E-state index in [1.807, 2.05) is 42.6 Å². The Morgan fingerprint density at radius 3 is 2.57 bits per heavy atom. The van der Waals surface area contributed by atoms with E-state index in [4.69, 9.17) is 0 Å². The number of nitrogens with one attached hydrogen (secondary N) is 2. The molecule has 4 aromatic rings. The fourth-order valence-electron chi connectivity index (χ4n) is 2.93. The molecule has 7 heteroatoms. The fourth-order valence-corrected chi connectivity index (χ4v) is 3.67. The zero-order valence-corrected chi connectivity index (χ0v) is 16.0. The van der Waals surface area contributed by atoms with Crippen molar-refractivity contribution in [3.8, 4) is 16.9 Å². The number of rotatable bonds is 5. The second kappa shape index (κ2) is 7.66. The van der Waals surface area contributed by atoms with E-state index in [0.717, 1.165) is 22.0 Å². The number of thiazole rings is 1. The van der Waals surface area contributed by atoms with Gasteiger partial charge in [0.1, 0.15) is 5.01 Å². The van der Waals surface area contributed by atoms with E-state index in [9.17, 15) is 9.59 Å². The average Bonchev–Trinajstić information content (AvgIpc) is 3.33. The van der Waals surface area contributed by atoms with Gasteiger partial charge in [-0.1, -0.05) is 30.3 Å². The molecule has 0 saturated heterocycles. The van der Waals surface area contributed by atoms with Gasteiger partial charge in [-0.05, 0) is 31.2 Å². The Kier molecular flexibility index (Phi) is 4.90. The number of hydrogen-bond acceptors (Lipinski definition) is 4. The van der Waals surface area contributed by atoms with Gasteiger partial charge in [0.25, 0.3) is 5.91 Å². The molecule has 2 heterocycles. The van der Waals surface area contributed by atoms with Crippen LogP contribution in [0.2, 0.25) is 0 Å². The molecule has 2 aromatic carbocycles. The Bertz CT molecular complexity index is 1160. The lowest BCUT2D eigenvalue weighted by molar-refractivity contribution is 0.0951. The number of benzene rings is 2. The number of H-pyrrole nitrogens is 1. The molecule has 6 nitrogen and oxygen atoms in total. The third kappa shape index (κ3) is 3.65. The largest absolute Gasteiger partial charge is 0.346 e.